The van der Waals surface area contributed by atoms with E-state index in [1.54, 1.807) is 18.3 Å². The van der Waals surface area contributed by atoms with Crippen molar-refractivity contribution in [2.24, 2.45) is 5.92 Å². The number of esters is 1. The molecule has 0 spiro atoms. The minimum atomic E-state index is -0.288. The third-order valence-corrected chi connectivity index (χ3v) is 2.36. The Kier molecular flexibility index (Phi) is 4.96. The molecule has 0 fully saturated rings. The molecule has 1 heterocycles. The van der Waals surface area contributed by atoms with E-state index in [1.807, 2.05) is 6.92 Å². The topological polar surface area (TPSA) is 39.2 Å². The number of carbonyl (C=O) groups is 1. The number of hydrogen-bond donors (Lipinski definition) is 0. The van der Waals surface area contributed by atoms with Crippen molar-refractivity contribution in [1.29, 1.82) is 0 Å². The summed E-state index contributed by atoms with van der Waals surface area (Å²) in [7, 11) is 0. The van der Waals surface area contributed by atoms with Crippen molar-refractivity contribution in [3.63, 3.8) is 0 Å². The fourth-order valence-corrected chi connectivity index (χ4v) is 1.36. The molecule has 1 rings (SSSR count). The summed E-state index contributed by atoms with van der Waals surface area (Å²) in [5, 5.41) is 0. The molecule has 0 aliphatic rings. The monoisotopic (exact) mass is 221 g/mol. The Balaban J connectivity index is 2.40. The lowest BCUT2D eigenvalue weighted by Crippen LogP contribution is -2.15. The Morgan fingerprint density at radius 3 is 2.69 bits per heavy atom. The van der Waals surface area contributed by atoms with Gasteiger partial charge in [-0.2, -0.15) is 0 Å². The van der Waals surface area contributed by atoms with Crippen LogP contribution in [-0.2, 0) is 4.74 Å². The van der Waals surface area contributed by atoms with Crippen LogP contribution in [0.4, 0.5) is 0 Å². The summed E-state index contributed by atoms with van der Waals surface area (Å²) in [5.41, 5.74) is 0.513. The predicted octanol–water partition coefficient (Wildman–Crippen LogP) is 3.06. The van der Waals surface area contributed by atoms with Gasteiger partial charge in [-0.1, -0.05) is 13.8 Å². The van der Waals surface area contributed by atoms with Gasteiger partial charge in [0.15, 0.2) is 0 Å². The second-order valence-corrected chi connectivity index (χ2v) is 4.43. The molecule has 1 atom stereocenters. The largest absolute Gasteiger partial charge is 0.459 e. The summed E-state index contributed by atoms with van der Waals surface area (Å²) in [6, 6.07) is 3.44. The van der Waals surface area contributed by atoms with Gasteiger partial charge in [-0.3, -0.25) is 4.98 Å². The van der Waals surface area contributed by atoms with Gasteiger partial charge in [0, 0.05) is 12.4 Å². The van der Waals surface area contributed by atoms with Crippen LogP contribution in [-0.4, -0.2) is 17.1 Å². The minimum Gasteiger partial charge on any atom is -0.459 e. The zero-order valence-electron chi connectivity index (χ0n) is 10.1. The summed E-state index contributed by atoms with van der Waals surface area (Å²) in [4.78, 5) is 15.5. The Morgan fingerprint density at radius 1 is 1.38 bits per heavy atom. The van der Waals surface area contributed by atoms with Crippen LogP contribution in [0.2, 0.25) is 0 Å². The first-order valence-corrected chi connectivity index (χ1v) is 5.70. The second kappa shape index (κ2) is 6.26. The zero-order chi connectivity index (χ0) is 12.0. The molecule has 0 saturated carbocycles. The van der Waals surface area contributed by atoms with E-state index in [-0.39, 0.29) is 12.1 Å². The summed E-state index contributed by atoms with van der Waals surface area (Å²) in [5.74, 6) is 0.351. The van der Waals surface area contributed by atoms with E-state index < -0.39 is 0 Å². The van der Waals surface area contributed by atoms with Gasteiger partial charge in [-0.05, 0) is 37.8 Å². The fourth-order valence-electron chi connectivity index (χ4n) is 1.36. The molecular weight excluding hydrogens is 202 g/mol. The van der Waals surface area contributed by atoms with Gasteiger partial charge >= 0.3 is 5.97 Å². The number of hydrogen-bond acceptors (Lipinski definition) is 3. The van der Waals surface area contributed by atoms with Crippen molar-refractivity contribution in [2.45, 2.75) is 39.7 Å². The number of rotatable bonds is 5. The van der Waals surface area contributed by atoms with Gasteiger partial charge in [-0.15, -0.1) is 0 Å². The number of aromatic nitrogens is 1. The number of nitrogens with zero attached hydrogens (tertiary/aromatic N) is 1. The maximum atomic E-state index is 11.6. The lowest BCUT2D eigenvalue weighted by atomic mass is 10.1. The smallest absolute Gasteiger partial charge is 0.339 e. The molecule has 3 nitrogen and oxygen atoms in total. The summed E-state index contributed by atoms with van der Waals surface area (Å²) >= 11 is 0. The van der Waals surface area contributed by atoms with Crippen LogP contribution in [0.3, 0.4) is 0 Å². The van der Waals surface area contributed by atoms with Crippen molar-refractivity contribution in [2.75, 3.05) is 0 Å². The molecular formula is C13H19NO2. The molecule has 1 unspecified atom stereocenters. The zero-order valence-corrected chi connectivity index (χ0v) is 10.1. The molecule has 1 aromatic heterocycles. The normalized spacial score (nSPS) is 12.5. The number of pyridine rings is 1. The maximum Gasteiger partial charge on any atom is 0.339 e. The molecule has 0 amide bonds. The molecule has 0 aliphatic carbocycles. The Hall–Kier alpha value is -1.38. The highest BCUT2D eigenvalue weighted by atomic mass is 16.5. The van der Waals surface area contributed by atoms with Crippen LogP contribution in [0.5, 0.6) is 0 Å². The summed E-state index contributed by atoms with van der Waals surface area (Å²) < 4.78 is 5.31. The van der Waals surface area contributed by atoms with Crippen molar-refractivity contribution in [3.05, 3.63) is 30.1 Å². The van der Waals surface area contributed by atoms with Gasteiger partial charge in [0.25, 0.3) is 0 Å². The number of carbonyl (C=O) groups excluding carboxylic acids is 1. The maximum absolute atomic E-state index is 11.6. The van der Waals surface area contributed by atoms with Gasteiger partial charge in [0.2, 0.25) is 0 Å². The Labute approximate surface area is 96.8 Å². The SMILES string of the molecule is CC(C)CCC(C)OC(=O)c1cccnc1. The lowest BCUT2D eigenvalue weighted by molar-refractivity contribution is 0.0313. The first-order chi connectivity index (χ1) is 7.59. The third kappa shape index (κ3) is 4.43. The molecule has 0 aromatic carbocycles. The molecule has 0 aliphatic heterocycles. The van der Waals surface area contributed by atoms with Crippen molar-refractivity contribution in [3.8, 4) is 0 Å². The van der Waals surface area contributed by atoms with E-state index in [0.29, 0.717) is 11.5 Å². The summed E-state index contributed by atoms with van der Waals surface area (Å²) in [6.45, 7) is 6.25. The quantitative estimate of drug-likeness (QED) is 0.717. The predicted molar refractivity (Wildman–Crippen MR) is 63.2 cm³/mol. The molecule has 0 radical (unpaired) electrons. The van der Waals surface area contributed by atoms with Crippen molar-refractivity contribution >= 4 is 5.97 Å². The van der Waals surface area contributed by atoms with Crippen LogP contribution in [0.1, 0.15) is 44.0 Å². The van der Waals surface area contributed by atoms with E-state index in [9.17, 15) is 4.79 Å². The summed E-state index contributed by atoms with van der Waals surface area (Å²) in [6.07, 6.45) is 5.11. The molecule has 3 heteroatoms. The Bertz CT molecular complexity index is 322. The van der Waals surface area contributed by atoms with Crippen LogP contribution in [0.15, 0.2) is 24.5 Å². The molecule has 0 saturated heterocycles. The van der Waals surface area contributed by atoms with Crippen molar-refractivity contribution in [1.82, 2.24) is 4.98 Å². The van der Waals surface area contributed by atoms with Gasteiger partial charge in [0.05, 0.1) is 11.7 Å². The molecule has 16 heavy (non-hydrogen) atoms. The molecule has 88 valence electrons. The average Bonchev–Trinajstić information content (AvgIpc) is 2.27. The highest BCUT2D eigenvalue weighted by molar-refractivity contribution is 5.89. The highest BCUT2D eigenvalue weighted by Gasteiger charge is 2.12. The standard InChI is InChI=1S/C13H19NO2/c1-10(2)6-7-11(3)16-13(15)12-5-4-8-14-9-12/h4-5,8-11H,6-7H2,1-3H3. The lowest BCUT2D eigenvalue weighted by Gasteiger charge is -2.14. The number of ether oxygens (including phenoxy) is 1. The van der Waals surface area contributed by atoms with Crippen LogP contribution < -0.4 is 0 Å². The van der Waals surface area contributed by atoms with E-state index in [0.717, 1.165) is 12.8 Å². The van der Waals surface area contributed by atoms with Crippen molar-refractivity contribution < 1.29 is 9.53 Å². The minimum absolute atomic E-state index is 0.0323. The van der Waals surface area contributed by atoms with E-state index >= 15 is 0 Å². The average molecular weight is 221 g/mol. The molecule has 0 bridgehead atoms. The van der Waals surface area contributed by atoms with E-state index in [1.165, 1.54) is 6.20 Å². The second-order valence-electron chi connectivity index (χ2n) is 4.43. The van der Waals surface area contributed by atoms with E-state index in [4.69, 9.17) is 4.74 Å². The van der Waals surface area contributed by atoms with E-state index in [2.05, 4.69) is 18.8 Å². The first-order valence-electron chi connectivity index (χ1n) is 5.70. The Morgan fingerprint density at radius 2 is 2.12 bits per heavy atom. The van der Waals surface area contributed by atoms with Gasteiger partial charge in [-0.25, -0.2) is 4.79 Å². The highest BCUT2D eigenvalue weighted by Crippen LogP contribution is 2.11. The van der Waals surface area contributed by atoms with Gasteiger partial charge in [0.1, 0.15) is 0 Å². The van der Waals surface area contributed by atoms with Gasteiger partial charge < -0.3 is 4.74 Å². The van der Waals surface area contributed by atoms with Crippen LogP contribution in [0, 0.1) is 5.92 Å². The fraction of sp³-hybridized carbons (Fsp3) is 0.538. The van der Waals surface area contributed by atoms with Crippen LogP contribution in [0.25, 0.3) is 0 Å². The molecule has 1 aromatic rings. The third-order valence-electron chi connectivity index (χ3n) is 2.36. The first kappa shape index (κ1) is 12.7. The molecule has 0 N–H and O–H groups in total. The van der Waals surface area contributed by atoms with Crippen LogP contribution >= 0.6 is 0 Å².